The summed E-state index contributed by atoms with van der Waals surface area (Å²) in [4.78, 5) is 27.9. The first kappa shape index (κ1) is 18.7. The molecule has 2 amide bonds. The fraction of sp³-hybridized carbons (Fsp3) is 0.600. The van der Waals surface area contributed by atoms with Gasteiger partial charge in [0.2, 0.25) is 0 Å². The number of benzene rings is 1. The molecule has 6 nitrogen and oxygen atoms in total. The predicted octanol–water partition coefficient (Wildman–Crippen LogP) is 2.20. The van der Waals surface area contributed by atoms with Crippen LogP contribution in [-0.2, 0) is 11.2 Å². The lowest BCUT2D eigenvalue weighted by Crippen LogP contribution is -2.54. The summed E-state index contributed by atoms with van der Waals surface area (Å²) in [5.41, 5.74) is 1.11. The molecule has 1 aromatic rings. The fourth-order valence-electron chi connectivity index (χ4n) is 3.49. The van der Waals surface area contributed by atoms with Gasteiger partial charge in [0.15, 0.2) is 0 Å². The van der Waals surface area contributed by atoms with Gasteiger partial charge < -0.3 is 15.3 Å². The molecule has 1 saturated carbocycles. The fourth-order valence-corrected chi connectivity index (χ4v) is 3.49. The maximum atomic E-state index is 12.6. The van der Waals surface area contributed by atoms with Gasteiger partial charge in [-0.25, -0.2) is 4.79 Å². The summed E-state index contributed by atoms with van der Waals surface area (Å²) in [6.07, 6.45) is 3.86. The van der Waals surface area contributed by atoms with E-state index >= 15 is 0 Å². The number of carboxylic acids is 1. The largest absolute Gasteiger partial charge is 0.481 e. The van der Waals surface area contributed by atoms with Crippen LogP contribution >= 0.6 is 0 Å². The quantitative estimate of drug-likeness (QED) is 0.746. The summed E-state index contributed by atoms with van der Waals surface area (Å²) >= 11 is 0. The minimum Gasteiger partial charge on any atom is -0.481 e. The van der Waals surface area contributed by atoms with E-state index < -0.39 is 5.97 Å². The zero-order valence-electron chi connectivity index (χ0n) is 15.3. The van der Waals surface area contributed by atoms with Crippen LogP contribution in [0.5, 0.6) is 0 Å². The molecule has 6 heteroatoms. The Morgan fingerprint density at radius 3 is 2.42 bits per heavy atom. The molecule has 2 N–H and O–H groups in total. The molecule has 0 bridgehead atoms. The van der Waals surface area contributed by atoms with Crippen LogP contribution in [0.1, 0.15) is 31.2 Å². The van der Waals surface area contributed by atoms with E-state index in [2.05, 4.69) is 10.2 Å². The average molecular weight is 359 g/mol. The lowest BCUT2D eigenvalue weighted by molar-refractivity contribution is -0.137. The van der Waals surface area contributed by atoms with Gasteiger partial charge in [-0.2, -0.15) is 0 Å². The molecule has 0 radical (unpaired) electrons. The van der Waals surface area contributed by atoms with Crippen LogP contribution in [0, 0.1) is 5.92 Å². The van der Waals surface area contributed by atoms with Crippen molar-refractivity contribution in [3.63, 3.8) is 0 Å². The van der Waals surface area contributed by atoms with Gasteiger partial charge in [0.05, 0.1) is 0 Å². The zero-order chi connectivity index (χ0) is 18.4. The molecule has 26 heavy (non-hydrogen) atoms. The normalized spacial score (nSPS) is 19.2. The van der Waals surface area contributed by atoms with Gasteiger partial charge >= 0.3 is 12.0 Å². The topological polar surface area (TPSA) is 72.9 Å². The van der Waals surface area contributed by atoms with Gasteiger partial charge in [0.1, 0.15) is 0 Å². The van der Waals surface area contributed by atoms with Crippen LogP contribution in [0.25, 0.3) is 0 Å². The number of nitrogens with one attached hydrogen (secondary N) is 1. The van der Waals surface area contributed by atoms with Gasteiger partial charge in [0, 0.05) is 45.2 Å². The van der Waals surface area contributed by atoms with Crippen molar-refractivity contribution in [3.05, 3.63) is 35.9 Å². The van der Waals surface area contributed by atoms with E-state index in [9.17, 15) is 9.59 Å². The van der Waals surface area contributed by atoms with Crippen molar-refractivity contribution in [1.29, 1.82) is 0 Å². The van der Waals surface area contributed by atoms with Crippen molar-refractivity contribution in [2.24, 2.45) is 5.92 Å². The highest BCUT2D eigenvalue weighted by molar-refractivity contribution is 5.75. The van der Waals surface area contributed by atoms with E-state index in [0.29, 0.717) is 12.8 Å². The second-order valence-corrected chi connectivity index (χ2v) is 7.50. The molecule has 0 spiro atoms. The van der Waals surface area contributed by atoms with Crippen molar-refractivity contribution in [1.82, 2.24) is 15.1 Å². The first-order valence-electron chi connectivity index (χ1n) is 9.63. The number of nitrogens with zero attached hydrogens (tertiary/aromatic N) is 2. The van der Waals surface area contributed by atoms with Crippen LogP contribution in [0.15, 0.2) is 30.3 Å². The summed E-state index contributed by atoms with van der Waals surface area (Å²) in [6.45, 7) is 4.53. The van der Waals surface area contributed by atoms with Crippen molar-refractivity contribution in [2.45, 2.75) is 38.1 Å². The molecule has 2 aliphatic rings. The third kappa shape index (κ3) is 6.02. The summed E-state index contributed by atoms with van der Waals surface area (Å²) in [6, 6.07) is 9.67. The van der Waals surface area contributed by atoms with E-state index in [1.54, 1.807) is 0 Å². The third-order valence-corrected chi connectivity index (χ3v) is 5.23. The number of piperazine rings is 1. The van der Waals surface area contributed by atoms with E-state index in [4.69, 9.17) is 5.11 Å². The molecule has 1 heterocycles. The standard InChI is InChI=1S/C20H29N3O3/c24-19(25)9-8-18(14-16-4-2-1-3-5-16)21-20(26)23-12-10-22(11-13-23)15-17-6-7-17/h1-5,17-18H,6-15H2,(H,21,26)(H,24,25). The molecule has 142 valence electrons. The minimum absolute atomic E-state index is 0.0624. The number of carbonyl (C=O) groups excluding carboxylic acids is 1. The van der Waals surface area contributed by atoms with Crippen LogP contribution in [0.3, 0.4) is 0 Å². The molecule has 1 saturated heterocycles. The van der Waals surface area contributed by atoms with Gasteiger partial charge in [-0.15, -0.1) is 0 Å². The van der Waals surface area contributed by atoms with Crippen molar-refractivity contribution < 1.29 is 14.7 Å². The second-order valence-electron chi connectivity index (χ2n) is 7.50. The number of carboxylic acid groups (broad SMARTS) is 1. The SMILES string of the molecule is O=C(O)CCC(Cc1ccccc1)NC(=O)N1CCN(CC2CC2)CC1. The van der Waals surface area contributed by atoms with Gasteiger partial charge in [0.25, 0.3) is 0 Å². The molecule has 0 aromatic heterocycles. The molecular formula is C20H29N3O3. The molecule has 1 aliphatic heterocycles. The van der Waals surface area contributed by atoms with Gasteiger partial charge in [-0.3, -0.25) is 9.69 Å². The van der Waals surface area contributed by atoms with Gasteiger partial charge in [-0.1, -0.05) is 30.3 Å². The summed E-state index contributed by atoms with van der Waals surface area (Å²) in [5, 5.41) is 12.1. The molecule has 2 fully saturated rings. The number of hydrogen-bond acceptors (Lipinski definition) is 3. The Kier molecular flexibility index (Phi) is 6.50. The van der Waals surface area contributed by atoms with E-state index in [1.807, 2.05) is 35.2 Å². The molecule has 1 atom stereocenters. The van der Waals surface area contributed by atoms with Crippen LogP contribution < -0.4 is 5.32 Å². The number of hydrogen-bond donors (Lipinski definition) is 2. The van der Waals surface area contributed by atoms with Crippen molar-refractivity contribution >= 4 is 12.0 Å². The molecular weight excluding hydrogens is 330 g/mol. The number of aliphatic carboxylic acids is 1. The lowest BCUT2D eigenvalue weighted by atomic mass is 10.0. The minimum atomic E-state index is -0.828. The number of carbonyl (C=O) groups is 2. The summed E-state index contributed by atoms with van der Waals surface area (Å²) in [7, 11) is 0. The first-order valence-corrected chi connectivity index (χ1v) is 9.63. The Bertz CT molecular complexity index is 596. The average Bonchev–Trinajstić information content (AvgIpc) is 3.45. The first-order chi connectivity index (χ1) is 12.6. The van der Waals surface area contributed by atoms with E-state index in [1.165, 1.54) is 19.4 Å². The third-order valence-electron chi connectivity index (χ3n) is 5.23. The molecule has 1 aliphatic carbocycles. The highest BCUT2D eigenvalue weighted by atomic mass is 16.4. The lowest BCUT2D eigenvalue weighted by Gasteiger charge is -2.35. The zero-order valence-corrected chi connectivity index (χ0v) is 15.3. The Morgan fingerprint density at radius 1 is 1.12 bits per heavy atom. The maximum absolute atomic E-state index is 12.6. The van der Waals surface area contributed by atoms with Crippen LogP contribution in [0.2, 0.25) is 0 Å². The van der Waals surface area contributed by atoms with E-state index in [-0.39, 0.29) is 18.5 Å². The summed E-state index contributed by atoms with van der Waals surface area (Å²) in [5.74, 6) is 0.0487. The van der Waals surface area contributed by atoms with Crippen LogP contribution in [0.4, 0.5) is 4.79 Å². The smallest absolute Gasteiger partial charge is 0.317 e. The second kappa shape index (κ2) is 9.03. The van der Waals surface area contributed by atoms with Crippen LogP contribution in [-0.4, -0.2) is 65.7 Å². The highest BCUT2D eigenvalue weighted by Gasteiger charge is 2.28. The highest BCUT2D eigenvalue weighted by Crippen LogP contribution is 2.29. The Hall–Kier alpha value is -2.08. The van der Waals surface area contributed by atoms with Crippen molar-refractivity contribution in [3.8, 4) is 0 Å². The summed E-state index contributed by atoms with van der Waals surface area (Å²) < 4.78 is 0. The number of urea groups is 1. The number of rotatable bonds is 8. The Labute approximate surface area is 155 Å². The van der Waals surface area contributed by atoms with Gasteiger partial charge in [-0.05, 0) is 37.2 Å². The van der Waals surface area contributed by atoms with E-state index in [0.717, 1.165) is 37.7 Å². The maximum Gasteiger partial charge on any atom is 0.317 e. The monoisotopic (exact) mass is 359 g/mol. The number of amides is 2. The molecule has 3 rings (SSSR count). The molecule has 1 aromatic carbocycles. The van der Waals surface area contributed by atoms with Crippen molar-refractivity contribution in [2.75, 3.05) is 32.7 Å². The molecule has 1 unspecified atom stereocenters. The Balaban J connectivity index is 1.49. The predicted molar refractivity (Wildman–Crippen MR) is 100 cm³/mol. The Morgan fingerprint density at radius 2 is 1.81 bits per heavy atom.